The lowest BCUT2D eigenvalue weighted by atomic mass is 10.0. The number of nitrogens with zero attached hydrogens (tertiary/aromatic N) is 4. The molecule has 1 saturated heterocycles. The highest BCUT2D eigenvalue weighted by Crippen LogP contribution is 2.32. The summed E-state index contributed by atoms with van der Waals surface area (Å²) in [6.07, 6.45) is 1.53. The number of hydrogen-bond acceptors (Lipinski definition) is 5. The van der Waals surface area contributed by atoms with E-state index in [-0.39, 0.29) is 6.09 Å². The van der Waals surface area contributed by atoms with E-state index in [9.17, 15) is 4.79 Å². The Kier molecular flexibility index (Phi) is 7.13. The van der Waals surface area contributed by atoms with Crippen molar-refractivity contribution in [3.8, 4) is 22.5 Å². The fourth-order valence-corrected chi connectivity index (χ4v) is 4.04. The highest BCUT2D eigenvalue weighted by molar-refractivity contribution is 6.30. The van der Waals surface area contributed by atoms with Gasteiger partial charge in [0.15, 0.2) is 0 Å². The molecule has 1 aromatic heterocycles. The number of benzene rings is 2. The number of ether oxygens (including phenoxy) is 1. The summed E-state index contributed by atoms with van der Waals surface area (Å²) in [5.74, 6) is 0.779. The summed E-state index contributed by atoms with van der Waals surface area (Å²) in [5.41, 5.74) is 5.11. The molecule has 2 heterocycles. The summed E-state index contributed by atoms with van der Waals surface area (Å²) in [6, 6.07) is 15.8. The van der Waals surface area contributed by atoms with Crippen molar-refractivity contribution in [1.29, 1.82) is 0 Å². The molecule has 6 nitrogen and oxygen atoms in total. The van der Waals surface area contributed by atoms with Gasteiger partial charge in [-0.25, -0.2) is 9.78 Å². The second kappa shape index (κ2) is 10.1. The van der Waals surface area contributed by atoms with Gasteiger partial charge in [-0.1, -0.05) is 60.2 Å². The fourth-order valence-electron chi connectivity index (χ4n) is 3.91. The van der Waals surface area contributed by atoms with Crippen LogP contribution in [0.5, 0.6) is 0 Å². The van der Waals surface area contributed by atoms with Gasteiger partial charge in [-0.05, 0) is 45.4 Å². The molecule has 1 aliphatic rings. The Morgan fingerprint density at radius 3 is 2.09 bits per heavy atom. The molecule has 4 rings (SSSR count). The maximum absolute atomic E-state index is 12.4. The maximum Gasteiger partial charge on any atom is 0.410 e. The Morgan fingerprint density at radius 2 is 1.51 bits per heavy atom. The standard InChI is InChI=1S/C28H31ClN4O2/c1-19(2)20-6-8-21(9-7-20)25-26(22-10-12-23(29)13-11-22)31-24(18-30-25)32-14-16-33(17-15-32)27(34)35-28(3,4)5/h6-13,18H,1,14-17H2,2-5H3. The smallest absolute Gasteiger partial charge is 0.410 e. The van der Waals surface area contributed by atoms with Crippen LogP contribution in [0.2, 0.25) is 5.02 Å². The molecule has 3 aromatic rings. The number of allylic oxidation sites excluding steroid dienone is 1. The van der Waals surface area contributed by atoms with Gasteiger partial charge in [0, 0.05) is 42.3 Å². The zero-order chi connectivity index (χ0) is 25.2. The van der Waals surface area contributed by atoms with Crippen LogP contribution < -0.4 is 4.90 Å². The SMILES string of the molecule is C=C(C)c1ccc(-c2ncc(N3CCN(C(=O)OC(C)(C)C)CC3)nc2-c2ccc(Cl)cc2)cc1. The predicted octanol–water partition coefficient (Wildman–Crippen LogP) is 6.55. The molecule has 2 aromatic carbocycles. The number of carbonyl (C=O) groups is 1. The van der Waals surface area contributed by atoms with Crippen LogP contribution in [0.25, 0.3) is 28.1 Å². The van der Waals surface area contributed by atoms with Gasteiger partial charge < -0.3 is 14.5 Å². The summed E-state index contributed by atoms with van der Waals surface area (Å²) in [6.45, 7) is 14.1. The predicted molar refractivity (Wildman–Crippen MR) is 143 cm³/mol. The van der Waals surface area contributed by atoms with Crippen LogP contribution in [0.3, 0.4) is 0 Å². The van der Waals surface area contributed by atoms with Crippen molar-refractivity contribution in [1.82, 2.24) is 14.9 Å². The van der Waals surface area contributed by atoms with Gasteiger partial charge in [0.05, 0.1) is 17.6 Å². The van der Waals surface area contributed by atoms with Gasteiger partial charge in [0.2, 0.25) is 0 Å². The van der Waals surface area contributed by atoms with E-state index >= 15 is 0 Å². The van der Waals surface area contributed by atoms with Gasteiger partial charge in [-0.2, -0.15) is 0 Å². The van der Waals surface area contributed by atoms with Gasteiger partial charge in [-0.15, -0.1) is 0 Å². The normalized spacial score (nSPS) is 14.1. The molecule has 0 saturated carbocycles. The molecule has 182 valence electrons. The number of carbonyl (C=O) groups excluding carboxylic acids is 1. The first kappa shape index (κ1) is 24.7. The van der Waals surface area contributed by atoms with Crippen LogP contribution >= 0.6 is 11.6 Å². The minimum atomic E-state index is -0.508. The molecule has 7 heteroatoms. The summed E-state index contributed by atoms with van der Waals surface area (Å²) in [5, 5.41) is 0.670. The van der Waals surface area contributed by atoms with Crippen molar-refractivity contribution in [3.05, 3.63) is 71.9 Å². The number of piperazine rings is 1. The van der Waals surface area contributed by atoms with E-state index in [1.165, 1.54) is 0 Å². The van der Waals surface area contributed by atoms with Crippen molar-refractivity contribution in [3.63, 3.8) is 0 Å². The molecule has 35 heavy (non-hydrogen) atoms. The average molecular weight is 491 g/mol. The quantitative estimate of drug-likeness (QED) is 0.414. The number of rotatable bonds is 4. The first-order valence-electron chi connectivity index (χ1n) is 11.7. The molecule has 1 fully saturated rings. The lowest BCUT2D eigenvalue weighted by Crippen LogP contribution is -2.50. The molecule has 1 amide bonds. The molecule has 0 radical (unpaired) electrons. The Hall–Kier alpha value is -3.38. The van der Waals surface area contributed by atoms with E-state index < -0.39 is 5.60 Å². The minimum absolute atomic E-state index is 0.279. The Bertz CT molecular complexity index is 1210. The number of anilines is 1. The molecular weight excluding hydrogens is 460 g/mol. The highest BCUT2D eigenvalue weighted by atomic mass is 35.5. The largest absolute Gasteiger partial charge is 0.444 e. The zero-order valence-electron chi connectivity index (χ0n) is 20.7. The summed E-state index contributed by atoms with van der Waals surface area (Å²) < 4.78 is 5.52. The molecule has 0 unspecified atom stereocenters. The first-order valence-corrected chi connectivity index (χ1v) is 12.1. The summed E-state index contributed by atoms with van der Waals surface area (Å²) in [4.78, 5) is 26.2. The second-order valence-electron chi connectivity index (χ2n) is 9.74. The third-order valence-electron chi connectivity index (χ3n) is 5.78. The van der Waals surface area contributed by atoms with Crippen LogP contribution in [-0.2, 0) is 4.74 Å². The van der Waals surface area contributed by atoms with Crippen LogP contribution in [0.4, 0.5) is 10.6 Å². The topological polar surface area (TPSA) is 58.6 Å². The number of hydrogen-bond donors (Lipinski definition) is 0. The van der Waals surface area contributed by atoms with Crippen molar-refractivity contribution in [2.45, 2.75) is 33.3 Å². The van der Waals surface area contributed by atoms with Gasteiger partial charge in [0.1, 0.15) is 11.4 Å². The maximum atomic E-state index is 12.4. The molecular formula is C28H31ClN4O2. The molecule has 0 bridgehead atoms. The van der Waals surface area contributed by atoms with Gasteiger partial charge in [0.25, 0.3) is 0 Å². The van der Waals surface area contributed by atoms with Crippen molar-refractivity contribution in [2.24, 2.45) is 0 Å². The lowest BCUT2D eigenvalue weighted by molar-refractivity contribution is 0.0240. The molecule has 0 atom stereocenters. The van der Waals surface area contributed by atoms with Crippen LogP contribution in [0.15, 0.2) is 61.3 Å². The van der Waals surface area contributed by atoms with E-state index in [2.05, 4.69) is 23.6 Å². The Labute approximate surface area is 212 Å². The van der Waals surface area contributed by atoms with Crippen LogP contribution in [-0.4, -0.2) is 52.7 Å². The molecule has 0 spiro atoms. The average Bonchev–Trinajstić information content (AvgIpc) is 2.83. The van der Waals surface area contributed by atoms with Gasteiger partial charge >= 0.3 is 6.09 Å². The molecule has 1 aliphatic heterocycles. The van der Waals surface area contributed by atoms with E-state index in [4.69, 9.17) is 26.3 Å². The van der Waals surface area contributed by atoms with E-state index in [0.717, 1.165) is 39.5 Å². The first-order chi connectivity index (χ1) is 16.6. The van der Waals surface area contributed by atoms with Crippen LogP contribution in [0.1, 0.15) is 33.3 Å². The minimum Gasteiger partial charge on any atom is -0.444 e. The third kappa shape index (κ3) is 6.01. The van der Waals surface area contributed by atoms with Crippen LogP contribution in [0, 0.1) is 0 Å². The van der Waals surface area contributed by atoms with Gasteiger partial charge in [-0.3, -0.25) is 4.98 Å². The zero-order valence-corrected chi connectivity index (χ0v) is 21.5. The summed E-state index contributed by atoms with van der Waals surface area (Å²) >= 11 is 6.14. The Balaban J connectivity index is 1.61. The highest BCUT2D eigenvalue weighted by Gasteiger charge is 2.27. The number of aromatic nitrogens is 2. The second-order valence-corrected chi connectivity index (χ2v) is 10.2. The van der Waals surface area contributed by atoms with Crippen molar-refractivity contribution < 1.29 is 9.53 Å². The van der Waals surface area contributed by atoms with Crippen molar-refractivity contribution in [2.75, 3.05) is 31.1 Å². The van der Waals surface area contributed by atoms with Crippen molar-refractivity contribution >= 4 is 29.1 Å². The summed E-state index contributed by atoms with van der Waals surface area (Å²) in [7, 11) is 0. The number of amides is 1. The fraction of sp³-hybridized carbons (Fsp3) is 0.321. The lowest BCUT2D eigenvalue weighted by Gasteiger charge is -2.36. The molecule has 0 aliphatic carbocycles. The monoisotopic (exact) mass is 490 g/mol. The third-order valence-corrected chi connectivity index (χ3v) is 6.04. The van der Waals surface area contributed by atoms with E-state index in [0.29, 0.717) is 31.2 Å². The number of halogens is 1. The Morgan fingerprint density at radius 1 is 0.943 bits per heavy atom. The molecule has 0 N–H and O–H groups in total. The van der Waals surface area contributed by atoms with E-state index in [1.54, 1.807) is 4.90 Å². The van der Waals surface area contributed by atoms with E-state index in [1.807, 2.05) is 70.3 Å².